The van der Waals surface area contributed by atoms with E-state index in [2.05, 4.69) is 30.9 Å². The lowest BCUT2D eigenvalue weighted by molar-refractivity contribution is -0.132. The first-order valence-electron chi connectivity index (χ1n) is 6.57. The number of hydrogen-bond acceptors (Lipinski definition) is 3. The van der Waals surface area contributed by atoms with Crippen molar-refractivity contribution in [2.75, 3.05) is 25.1 Å². The first-order chi connectivity index (χ1) is 7.99. The van der Waals surface area contributed by atoms with E-state index in [1.54, 1.807) is 0 Å². The largest absolute Gasteiger partial charge is 0.344 e. The van der Waals surface area contributed by atoms with E-state index in [-0.39, 0.29) is 0 Å². The van der Waals surface area contributed by atoms with Crippen LogP contribution < -0.4 is 5.32 Å². The van der Waals surface area contributed by atoms with Gasteiger partial charge in [-0.15, -0.1) is 0 Å². The van der Waals surface area contributed by atoms with Crippen molar-refractivity contribution >= 4 is 17.7 Å². The highest BCUT2D eigenvalue weighted by Gasteiger charge is 2.35. The molecule has 0 aliphatic carbocycles. The summed E-state index contributed by atoms with van der Waals surface area (Å²) in [7, 11) is 1.91. The fourth-order valence-electron chi connectivity index (χ4n) is 2.64. The van der Waals surface area contributed by atoms with Crippen molar-refractivity contribution in [3.63, 3.8) is 0 Å². The third kappa shape index (κ3) is 3.16. The maximum atomic E-state index is 11.5. The topological polar surface area (TPSA) is 32.3 Å². The Kier molecular flexibility index (Phi) is 4.03. The zero-order chi connectivity index (χ0) is 12.5. The third-order valence-corrected chi connectivity index (χ3v) is 5.24. The summed E-state index contributed by atoms with van der Waals surface area (Å²) in [4.78, 5) is 13.3. The van der Waals surface area contributed by atoms with Crippen LogP contribution in [0.2, 0.25) is 0 Å². The molecule has 98 valence electrons. The molecule has 4 heteroatoms. The summed E-state index contributed by atoms with van der Waals surface area (Å²) in [5, 5.41) is 3.78. The van der Waals surface area contributed by atoms with Gasteiger partial charge < -0.3 is 10.2 Å². The second kappa shape index (κ2) is 5.19. The summed E-state index contributed by atoms with van der Waals surface area (Å²) in [6, 6.07) is 1.08. The third-order valence-electron chi connectivity index (χ3n) is 4.18. The minimum absolute atomic E-state index is 0.292. The van der Waals surface area contributed by atoms with Crippen molar-refractivity contribution in [3.8, 4) is 0 Å². The Labute approximate surface area is 109 Å². The molecule has 2 heterocycles. The van der Waals surface area contributed by atoms with Crippen molar-refractivity contribution in [2.24, 2.45) is 5.41 Å². The van der Waals surface area contributed by atoms with Gasteiger partial charge in [-0.2, -0.15) is 11.8 Å². The second-order valence-corrected chi connectivity index (χ2v) is 7.19. The van der Waals surface area contributed by atoms with E-state index in [1.807, 2.05) is 11.9 Å². The van der Waals surface area contributed by atoms with Gasteiger partial charge in [-0.05, 0) is 24.0 Å². The molecule has 0 aromatic rings. The van der Waals surface area contributed by atoms with Crippen LogP contribution in [0.25, 0.3) is 0 Å². The molecule has 17 heavy (non-hydrogen) atoms. The molecule has 0 aromatic carbocycles. The van der Waals surface area contributed by atoms with Gasteiger partial charge in [0, 0.05) is 37.8 Å². The predicted octanol–water partition coefficient (Wildman–Crippen LogP) is 1.73. The zero-order valence-electron chi connectivity index (χ0n) is 11.2. The highest BCUT2D eigenvalue weighted by atomic mass is 32.2. The molecule has 0 radical (unpaired) electrons. The van der Waals surface area contributed by atoms with Crippen LogP contribution in [0.5, 0.6) is 0 Å². The maximum Gasteiger partial charge on any atom is 0.222 e. The molecule has 2 saturated heterocycles. The number of amides is 1. The molecule has 0 saturated carbocycles. The lowest BCUT2D eigenvalue weighted by atomic mass is 9.81. The van der Waals surface area contributed by atoms with E-state index in [0.717, 1.165) is 13.0 Å². The number of carbonyl (C=O) groups is 1. The summed E-state index contributed by atoms with van der Waals surface area (Å²) >= 11 is 2.05. The molecule has 3 nitrogen and oxygen atoms in total. The monoisotopic (exact) mass is 256 g/mol. The van der Waals surface area contributed by atoms with E-state index in [1.165, 1.54) is 17.9 Å². The van der Waals surface area contributed by atoms with E-state index < -0.39 is 0 Å². The summed E-state index contributed by atoms with van der Waals surface area (Å²) in [5.41, 5.74) is 0.394. The van der Waals surface area contributed by atoms with Gasteiger partial charge in [-0.25, -0.2) is 0 Å². The predicted molar refractivity (Wildman–Crippen MR) is 73.3 cm³/mol. The van der Waals surface area contributed by atoms with Crippen LogP contribution in [0.4, 0.5) is 0 Å². The molecule has 1 N–H and O–H groups in total. The van der Waals surface area contributed by atoms with Crippen LogP contribution in [-0.4, -0.2) is 48.0 Å². The van der Waals surface area contributed by atoms with E-state index in [0.29, 0.717) is 29.8 Å². The molecule has 1 amide bonds. The van der Waals surface area contributed by atoms with Crippen LogP contribution in [0.15, 0.2) is 0 Å². The van der Waals surface area contributed by atoms with Gasteiger partial charge in [0.05, 0.1) is 0 Å². The van der Waals surface area contributed by atoms with Crippen molar-refractivity contribution < 1.29 is 4.79 Å². The first kappa shape index (κ1) is 13.2. The number of hydrogen-bond donors (Lipinski definition) is 1. The van der Waals surface area contributed by atoms with Gasteiger partial charge in [0.2, 0.25) is 5.91 Å². The van der Waals surface area contributed by atoms with Crippen molar-refractivity contribution in [1.29, 1.82) is 0 Å². The van der Waals surface area contributed by atoms with Gasteiger partial charge in [0.1, 0.15) is 0 Å². The molecule has 0 spiro atoms. The number of nitrogens with one attached hydrogen (secondary N) is 1. The summed E-state index contributed by atoms with van der Waals surface area (Å²) in [6.45, 7) is 5.60. The Morgan fingerprint density at radius 3 is 2.88 bits per heavy atom. The number of thioether (sulfide) groups is 1. The van der Waals surface area contributed by atoms with Crippen molar-refractivity contribution in [3.05, 3.63) is 0 Å². The van der Waals surface area contributed by atoms with Crippen LogP contribution in [0.3, 0.4) is 0 Å². The highest BCUT2D eigenvalue weighted by Crippen LogP contribution is 2.34. The van der Waals surface area contributed by atoms with E-state index >= 15 is 0 Å². The normalized spacial score (nSPS) is 33.8. The number of carbonyl (C=O) groups excluding carboxylic acids is 1. The van der Waals surface area contributed by atoms with Crippen LogP contribution in [0.1, 0.15) is 33.1 Å². The van der Waals surface area contributed by atoms with Crippen molar-refractivity contribution in [2.45, 2.75) is 45.2 Å². The number of nitrogens with zero attached hydrogens (tertiary/aromatic N) is 1. The van der Waals surface area contributed by atoms with E-state index in [9.17, 15) is 4.79 Å². The van der Waals surface area contributed by atoms with Crippen LogP contribution in [-0.2, 0) is 4.79 Å². The Hall–Kier alpha value is -0.220. The molecule has 0 aromatic heterocycles. The first-order valence-corrected chi connectivity index (χ1v) is 7.72. The minimum atomic E-state index is 0.292. The van der Waals surface area contributed by atoms with Gasteiger partial charge >= 0.3 is 0 Å². The van der Waals surface area contributed by atoms with Crippen molar-refractivity contribution in [1.82, 2.24) is 10.2 Å². The Bertz CT molecular complexity index is 293. The fraction of sp³-hybridized carbons (Fsp3) is 0.923. The quantitative estimate of drug-likeness (QED) is 0.816. The average molecular weight is 256 g/mol. The van der Waals surface area contributed by atoms with Gasteiger partial charge in [0.15, 0.2) is 0 Å². The molecule has 2 unspecified atom stereocenters. The molecule has 2 aliphatic heterocycles. The molecular weight excluding hydrogens is 232 g/mol. The average Bonchev–Trinajstić information content (AvgIpc) is 2.26. The lowest BCUT2D eigenvalue weighted by Crippen LogP contribution is -2.55. The number of piperidine rings is 1. The SMILES string of the molecule is CN1CC(NC2CSCCC2(C)C)CCC1=O. The Morgan fingerprint density at radius 1 is 1.47 bits per heavy atom. The Balaban J connectivity index is 1.90. The van der Waals surface area contributed by atoms with Crippen LogP contribution >= 0.6 is 11.8 Å². The number of likely N-dealkylation sites (N-methyl/N-ethyl adjacent to an activating group) is 1. The lowest BCUT2D eigenvalue weighted by Gasteiger charge is -2.42. The van der Waals surface area contributed by atoms with E-state index in [4.69, 9.17) is 0 Å². The molecule has 2 rings (SSSR count). The van der Waals surface area contributed by atoms with Gasteiger partial charge in [-0.3, -0.25) is 4.79 Å². The van der Waals surface area contributed by atoms with Gasteiger partial charge in [-0.1, -0.05) is 13.8 Å². The Morgan fingerprint density at radius 2 is 2.24 bits per heavy atom. The van der Waals surface area contributed by atoms with Gasteiger partial charge in [0.25, 0.3) is 0 Å². The highest BCUT2D eigenvalue weighted by molar-refractivity contribution is 7.99. The van der Waals surface area contributed by atoms with Crippen LogP contribution in [0, 0.1) is 5.41 Å². The molecule has 2 aliphatic rings. The number of likely N-dealkylation sites (tertiary alicyclic amines) is 1. The summed E-state index contributed by atoms with van der Waals surface area (Å²) < 4.78 is 0. The molecule has 2 atom stereocenters. The maximum absolute atomic E-state index is 11.5. The second-order valence-electron chi connectivity index (χ2n) is 6.04. The minimum Gasteiger partial charge on any atom is -0.344 e. The zero-order valence-corrected chi connectivity index (χ0v) is 12.0. The molecule has 0 bridgehead atoms. The summed E-state index contributed by atoms with van der Waals surface area (Å²) in [5.74, 6) is 2.79. The standard InChI is InChI=1S/C13H24N2OS/c1-13(2)6-7-17-9-11(13)14-10-4-5-12(16)15(3)8-10/h10-11,14H,4-9H2,1-3H3. The molecular formula is C13H24N2OS. The smallest absolute Gasteiger partial charge is 0.222 e. The molecule has 2 fully saturated rings. The summed E-state index contributed by atoms with van der Waals surface area (Å²) in [6.07, 6.45) is 2.99. The number of rotatable bonds is 2. The fourth-order valence-corrected chi connectivity index (χ4v) is 4.26.